The Morgan fingerprint density at radius 3 is 2.81 bits per heavy atom. The average Bonchev–Trinajstić information content (AvgIpc) is 3.34. The summed E-state index contributed by atoms with van der Waals surface area (Å²) in [6.07, 6.45) is 5.00. The lowest BCUT2D eigenvalue weighted by Crippen LogP contribution is -2.38. The fourth-order valence-corrected chi connectivity index (χ4v) is 3.64. The zero-order chi connectivity index (χ0) is 17.5. The van der Waals surface area contributed by atoms with E-state index in [0.29, 0.717) is 6.54 Å². The minimum Gasteiger partial charge on any atom is -0.357 e. The Bertz CT molecular complexity index is 692. The summed E-state index contributed by atoms with van der Waals surface area (Å²) in [5.41, 5.74) is 1.14. The van der Waals surface area contributed by atoms with Crippen molar-refractivity contribution in [2.45, 2.75) is 32.7 Å². The lowest BCUT2D eigenvalue weighted by Gasteiger charge is -2.12. The van der Waals surface area contributed by atoms with E-state index in [-0.39, 0.29) is 24.0 Å². The van der Waals surface area contributed by atoms with Gasteiger partial charge in [-0.3, -0.25) is 4.68 Å². The summed E-state index contributed by atoms with van der Waals surface area (Å²) in [5, 5.41) is 14.0. The maximum Gasteiger partial charge on any atom is 0.191 e. The lowest BCUT2D eigenvalue weighted by molar-refractivity contribution is 0.697. The van der Waals surface area contributed by atoms with Crippen LogP contribution in [-0.2, 0) is 20.0 Å². The number of rotatable bonds is 7. The van der Waals surface area contributed by atoms with Crippen LogP contribution in [0.1, 0.15) is 31.3 Å². The maximum atomic E-state index is 4.76. The number of nitrogens with zero attached hydrogens (tertiary/aromatic N) is 6. The van der Waals surface area contributed by atoms with Crippen molar-refractivity contribution in [3.05, 3.63) is 23.2 Å². The van der Waals surface area contributed by atoms with Gasteiger partial charge in [0.15, 0.2) is 11.1 Å². The summed E-state index contributed by atoms with van der Waals surface area (Å²) in [7, 11) is 1.87. The second-order valence-corrected chi connectivity index (χ2v) is 6.82. The Hall–Kier alpha value is -1.43. The normalized spacial score (nSPS) is 14.4. The van der Waals surface area contributed by atoms with Crippen molar-refractivity contribution >= 4 is 46.4 Å². The number of hydrogen-bond acceptors (Lipinski definition) is 6. The van der Waals surface area contributed by atoms with E-state index in [2.05, 4.69) is 42.9 Å². The van der Waals surface area contributed by atoms with Gasteiger partial charge < -0.3 is 15.5 Å². The van der Waals surface area contributed by atoms with E-state index in [1.807, 2.05) is 7.05 Å². The number of aliphatic imine (C=N–C) groups is 1. The molecule has 8 nitrogen and oxygen atoms in total. The molecule has 0 spiro atoms. The molecule has 3 heterocycles. The molecule has 2 N–H and O–H groups in total. The van der Waals surface area contributed by atoms with Gasteiger partial charge in [0.1, 0.15) is 18.7 Å². The number of halogens is 1. The topological polar surface area (TPSA) is 83.3 Å². The Balaban J connectivity index is 0.00000243. The number of hydrogen-bond donors (Lipinski definition) is 2. The molecule has 1 fully saturated rings. The number of thiazole rings is 1. The second kappa shape index (κ2) is 10.7. The summed E-state index contributed by atoms with van der Waals surface area (Å²) in [6, 6.07) is 0. The van der Waals surface area contributed by atoms with Gasteiger partial charge in [0.25, 0.3) is 0 Å². The standard InChI is InChI=1S/C16H26N8S.HI/c1-3-17-15(19-10-14-20-12-21-23(14)2)18-7-6-13-11-25-16(22-13)24-8-4-5-9-24;/h11-12H,3-10H2,1-2H3,(H2,17,18,19);1H. The Morgan fingerprint density at radius 1 is 1.31 bits per heavy atom. The molecular weight excluding hydrogens is 463 g/mol. The highest BCUT2D eigenvalue weighted by molar-refractivity contribution is 14.0. The van der Waals surface area contributed by atoms with E-state index in [1.165, 1.54) is 12.8 Å². The van der Waals surface area contributed by atoms with Crippen LogP contribution in [-0.4, -0.2) is 51.9 Å². The third kappa shape index (κ3) is 5.79. The molecule has 0 unspecified atom stereocenters. The first-order valence-corrected chi connectivity index (χ1v) is 9.68. The Morgan fingerprint density at radius 2 is 2.12 bits per heavy atom. The third-order valence-electron chi connectivity index (χ3n) is 4.12. The van der Waals surface area contributed by atoms with E-state index < -0.39 is 0 Å². The van der Waals surface area contributed by atoms with Crippen LogP contribution in [0.3, 0.4) is 0 Å². The Labute approximate surface area is 175 Å². The molecule has 2 aromatic heterocycles. The molecule has 0 radical (unpaired) electrons. The summed E-state index contributed by atoms with van der Waals surface area (Å²) in [5.74, 6) is 1.63. The van der Waals surface area contributed by atoms with Gasteiger partial charge in [-0.15, -0.1) is 35.3 Å². The molecule has 26 heavy (non-hydrogen) atoms. The van der Waals surface area contributed by atoms with E-state index in [0.717, 1.165) is 55.2 Å². The molecule has 0 bridgehead atoms. The second-order valence-electron chi connectivity index (χ2n) is 5.99. The SMILES string of the molecule is CCNC(=NCc1ncnn1C)NCCc1csc(N2CCCC2)n1.I. The molecule has 1 saturated heterocycles. The van der Waals surface area contributed by atoms with Gasteiger partial charge >= 0.3 is 0 Å². The molecule has 2 aromatic rings. The molecule has 3 rings (SSSR count). The average molecular weight is 490 g/mol. The van der Waals surface area contributed by atoms with Crippen molar-refractivity contribution in [1.29, 1.82) is 0 Å². The lowest BCUT2D eigenvalue weighted by atomic mass is 10.3. The first-order chi connectivity index (χ1) is 12.3. The summed E-state index contributed by atoms with van der Waals surface area (Å²) in [6.45, 7) is 6.47. The van der Waals surface area contributed by atoms with Gasteiger partial charge in [-0.25, -0.2) is 15.0 Å². The van der Waals surface area contributed by atoms with Crippen molar-refractivity contribution in [2.75, 3.05) is 31.1 Å². The predicted molar refractivity (Wildman–Crippen MR) is 117 cm³/mol. The van der Waals surface area contributed by atoms with E-state index in [9.17, 15) is 0 Å². The monoisotopic (exact) mass is 490 g/mol. The minimum absolute atomic E-state index is 0. The fourth-order valence-electron chi connectivity index (χ4n) is 2.73. The molecule has 0 amide bonds. The molecule has 0 aromatic carbocycles. The third-order valence-corrected chi connectivity index (χ3v) is 5.07. The van der Waals surface area contributed by atoms with E-state index in [1.54, 1.807) is 22.3 Å². The maximum absolute atomic E-state index is 4.76. The van der Waals surface area contributed by atoms with Crippen LogP contribution in [0, 0.1) is 0 Å². The van der Waals surface area contributed by atoms with Crippen molar-refractivity contribution in [3.8, 4) is 0 Å². The summed E-state index contributed by atoms with van der Waals surface area (Å²) >= 11 is 1.75. The molecule has 144 valence electrons. The zero-order valence-corrected chi connectivity index (χ0v) is 18.5. The molecule has 0 aliphatic carbocycles. The number of aryl methyl sites for hydroxylation is 1. The highest BCUT2D eigenvalue weighted by atomic mass is 127. The van der Waals surface area contributed by atoms with Crippen LogP contribution in [0.15, 0.2) is 16.7 Å². The van der Waals surface area contributed by atoms with Crippen LogP contribution in [0.5, 0.6) is 0 Å². The molecule has 1 aliphatic heterocycles. The van der Waals surface area contributed by atoms with Crippen LogP contribution in [0.2, 0.25) is 0 Å². The van der Waals surface area contributed by atoms with Crippen LogP contribution in [0.25, 0.3) is 0 Å². The molecule has 0 saturated carbocycles. The van der Waals surface area contributed by atoms with Crippen molar-refractivity contribution in [3.63, 3.8) is 0 Å². The molecule has 0 atom stereocenters. The summed E-state index contributed by atoms with van der Waals surface area (Å²) < 4.78 is 1.74. The van der Waals surface area contributed by atoms with Crippen LogP contribution < -0.4 is 15.5 Å². The zero-order valence-electron chi connectivity index (χ0n) is 15.3. The first kappa shape index (κ1) is 20.9. The van der Waals surface area contributed by atoms with Gasteiger partial charge in [0, 0.05) is 45.0 Å². The van der Waals surface area contributed by atoms with Gasteiger partial charge in [0.05, 0.1) is 5.69 Å². The van der Waals surface area contributed by atoms with Gasteiger partial charge in [0.2, 0.25) is 0 Å². The van der Waals surface area contributed by atoms with Crippen LogP contribution >= 0.6 is 35.3 Å². The quantitative estimate of drug-likeness (QED) is 0.350. The highest BCUT2D eigenvalue weighted by Gasteiger charge is 2.15. The van der Waals surface area contributed by atoms with Gasteiger partial charge in [-0.05, 0) is 19.8 Å². The van der Waals surface area contributed by atoms with Gasteiger partial charge in [-0.2, -0.15) is 5.10 Å². The smallest absolute Gasteiger partial charge is 0.191 e. The highest BCUT2D eigenvalue weighted by Crippen LogP contribution is 2.24. The first-order valence-electron chi connectivity index (χ1n) is 8.80. The van der Waals surface area contributed by atoms with Crippen molar-refractivity contribution in [2.24, 2.45) is 12.0 Å². The van der Waals surface area contributed by atoms with Crippen LogP contribution in [0.4, 0.5) is 5.13 Å². The van der Waals surface area contributed by atoms with Gasteiger partial charge in [-0.1, -0.05) is 0 Å². The van der Waals surface area contributed by atoms with Crippen molar-refractivity contribution < 1.29 is 0 Å². The molecule has 1 aliphatic rings. The number of nitrogens with one attached hydrogen (secondary N) is 2. The Kier molecular flexibility index (Phi) is 8.55. The van der Waals surface area contributed by atoms with Crippen molar-refractivity contribution in [1.82, 2.24) is 30.4 Å². The number of guanidine groups is 1. The fraction of sp³-hybridized carbons (Fsp3) is 0.625. The summed E-state index contributed by atoms with van der Waals surface area (Å²) in [4.78, 5) is 15.9. The minimum atomic E-state index is 0. The molecule has 10 heteroatoms. The number of aromatic nitrogens is 4. The van der Waals surface area contributed by atoms with E-state index >= 15 is 0 Å². The largest absolute Gasteiger partial charge is 0.357 e. The molecular formula is C16H27IN8S. The predicted octanol–water partition coefficient (Wildman–Crippen LogP) is 1.79. The van der Waals surface area contributed by atoms with E-state index in [4.69, 9.17) is 4.98 Å². The number of anilines is 1.